The zero-order chi connectivity index (χ0) is 13.3. The van der Waals surface area contributed by atoms with Gasteiger partial charge in [-0.2, -0.15) is 0 Å². The number of nitro groups is 1. The summed E-state index contributed by atoms with van der Waals surface area (Å²) in [6.45, 7) is 1.91. The number of anilines is 1. The van der Waals surface area contributed by atoms with Crippen molar-refractivity contribution in [1.29, 1.82) is 0 Å². The summed E-state index contributed by atoms with van der Waals surface area (Å²) in [6.07, 6.45) is 2.17. The zero-order valence-corrected chi connectivity index (χ0v) is 9.79. The molecule has 96 valence electrons. The second-order valence-corrected chi connectivity index (χ2v) is 4.40. The highest BCUT2D eigenvalue weighted by Crippen LogP contribution is 2.35. The number of hydrogen-bond donors (Lipinski definition) is 2. The second-order valence-electron chi connectivity index (χ2n) is 4.40. The van der Waals surface area contributed by atoms with Gasteiger partial charge >= 0.3 is 11.7 Å². The summed E-state index contributed by atoms with van der Waals surface area (Å²) in [5, 5.41) is 22.6. The van der Waals surface area contributed by atoms with Gasteiger partial charge in [-0.1, -0.05) is 0 Å². The van der Waals surface area contributed by atoms with Crippen LogP contribution in [0.25, 0.3) is 0 Å². The molecule has 1 aliphatic rings. The van der Waals surface area contributed by atoms with Gasteiger partial charge in [0.25, 0.3) is 0 Å². The first kappa shape index (κ1) is 12.3. The number of pyridine rings is 1. The van der Waals surface area contributed by atoms with Crippen LogP contribution in [0.1, 0.15) is 30.3 Å². The molecule has 1 aromatic rings. The maximum Gasteiger partial charge on any atom is 0.354 e. The summed E-state index contributed by atoms with van der Waals surface area (Å²) >= 11 is 0. The van der Waals surface area contributed by atoms with Gasteiger partial charge in [0.15, 0.2) is 5.69 Å². The number of carboxylic acids is 1. The van der Waals surface area contributed by atoms with Crippen molar-refractivity contribution < 1.29 is 14.8 Å². The molecule has 0 aromatic carbocycles. The Morgan fingerprint density at radius 1 is 1.61 bits per heavy atom. The van der Waals surface area contributed by atoms with Crippen LogP contribution in [0.4, 0.5) is 11.5 Å². The lowest BCUT2D eigenvalue weighted by atomic mass is 10.2. The molecule has 0 radical (unpaired) electrons. The molecule has 2 rings (SSSR count). The second kappa shape index (κ2) is 4.59. The number of rotatable bonds is 5. The van der Waals surface area contributed by atoms with Crippen molar-refractivity contribution in [2.24, 2.45) is 5.92 Å². The molecule has 1 aliphatic carbocycles. The van der Waals surface area contributed by atoms with Gasteiger partial charge in [0.2, 0.25) is 5.82 Å². The lowest BCUT2D eigenvalue weighted by Crippen LogP contribution is -2.20. The maximum atomic E-state index is 10.8. The molecule has 1 heterocycles. The van der Waals surface area contributed by atoms with Gasteiger partial charge < -0.3 is 10.4 Å². The normalized spacial score (nSPS) is 16.1. The molecular formula is C11H13N3O4. The minimum absolute atomic E-state index is 0.0271. The monoisotopic (exact) mass is 251 g/mol. The van der Waals surface area contributed by atoms with Crippen LogP contribution >= 0.6 is 0 Å². The van der Waals surface area contributed by atoms with E-state index in [4.69, 9.17) is 5.11 Å². The third-order valence-electron chi connectivity index (χ3n) is 2.98. The lowest BCUT2D eigenvalue weighted by molar-refractivity contribution is -0.384. The predicted molar refractivity (Wildman–Crippen MR) is 63.7 cm³/mol. The van der Waals surface area contributed by atoms with Crippen LogP contribution in [0.15, 0.2) is 12.1 Å². The van der Waals surface area contributed by atoms with Crippen molar-refractivity contribution in [3.8, 4) is 0 Å². The molecule has 7 nitrogen and oxygen atoms in total. The van der Waals surface area contributed by atoms with Crippen molar-refractivity contribution in [3.05, 3.63) is 27.9 Å². The Labute approximate surface area is 103 Å². The lowest BCUT2D eigenvalue weighted by Gasteiger charge is -2.13. The standard InChI is InChI=1S/C11H13N3O4/c1-6(7-2-3-7)12-10-9(14(17)18)5-4-8(13-10)11(15)16/h4-7H,2-3H2,1H3,(H,12,13)(H,15,16). The van der Waals surface area contributed by atoms with Crippen LogP contribution in [0.5, 0.6) is 0 Å². The van der Waals surface area contributed by atoms with Gasteiger partial charge in [-0.25, -0.2) is 9.78 Å². The van der Waals surface area contributed by atoms with E-state index in [9.17, 15) is 14.9 Å². The minimum Gasteiger partial charge on any atom is -0.477 e. The van der Waals surface area contributed by atoms with Crippen LogP contribution in [0.2, 0.25) is 0 Å². The number of aromatic nitrogens is 1. The van der Waals surface area contributed by atoms with E-state index >= 15 is 0 Å². The van der Waals surface area contributed by atoms with Crippen LogP contribution in [-0.2, 0) is 0 Å². The van der Waals surface area contributed by atoms with Crippen molar-refractivity contribution in [1.82, 2.24) is 4.98 Å². The molecule has 1 fully saturated rings. The Morgan fingerprint density at radius 3 is 2.78 bits per heavy atom. The van der Waals surface area contributed by atoms with E-state index in [0.29, 0.717) is 5.92 Å². The summed E-state index contributed by atoms with van der Waals surface area (Å²) in [7, 11) is 0. The molecule has 2 N–H and O–H groups in total. The van der Waals surface area contributed by atoms with Gasteiger partial charge in [-0.15, -0.1) is 0 Å². The number of nitrogens with zero attached hydrogens (tertiary/aromatic N) is 2. The maximum absolute atomic E-state index is 10.8. The number of nitrogens with one attached hydrogen (secondary N) is 1. The molecule has 0 saturated heterocycles. The van der Waals surface area contributed by atoms with Crippen LogP contribution in [0, 0.1) is 16.0 Å². The highest BCUT2D eigenvalue weighted by molar-refractivity contribution is 5.86. The molecule has 18 heavy (non-hydrogen) atoms. The first-order chi connectivity index (χ1) is 8.49. The largest absolute Gasteiger partial charge is 0.477 e. The van der Waals surface area contributed by atoms with Crippen molar-refractivity contribution in [3.63, 3.8) is 0 Å². The summed E-state index contributed by atoms with van der Waals surface area (Å²) in [5.74, 6) is -0.689. The van der Waals surface area contributed by atoms with E-state index < -0.39 is 10.9 Å². The topological polar surface area (TPSA) is 105 Å². The Morgan fingerprint density at radius 2 is 2.28 bits per heavy atom. The van der Waals surface area contributed by atoms with Crippen molar-refractivity contribution in [2.45, 2.75) is 25.8 Å². The predicted octanol–water partition coefficient (Wildman–Crippen LogP) is 1.90. The number of carboxylic acid groups (broad SMARTS) is 1. The Kier molecular flexibility index (Phi) is 3.14. The average molecular weight is 251 g/mol. The van der Waals surface area contributed by atoms with Crippen LogP contribution in [-0.4, -0.2) is 27.0 Å². The SMILES string of the molecule is CC(Nc1nc(C(=O)O)ccc1[N+](=O)[O-])C1CC1. The summed E-state index contributed by atoms with van der Waals surface area (Å²) < 4.78 is 0. The van der Waals surface area contributed by atoms with E-state index in [-0.39, 0.29) is 23.2 Å². The zero-order valence-electron chi connectivity index (χ0n) is 9.79. The fourth-order valence-electron chi connectivity index (χ4n) is 1.75. The third-order valence-corrected chi connectivity index (χ3v) is 2.98. The van der Waals surface area contributed by atoms with Crippen molar-refractivity contribution >= 4 is 17.5 Å². The smallest absolute Gasteiger partial charge is 0.354 e. The Hall–Kier alpha value is -2.18. The summed E-state index contributed by atoms with van der Waals surface area (Å²) in [5.41, 5.74) is -0.404. The van der Waals surface area contributed by atoms with Gasteiger partial charge in [0.05, 0.1) is 4.92 Å². The van der Waals surface area contributed by atoms with Gasteiger partial charge in [0, 0.05) is 12.1 Å². The molecule has 0 aliphatic heterocycles. The molecule has 7 heteroatoms. The number of hydrogen-bond acceptors (Lipinski definition) is 5. The average Bonchev–Trinajstić information content (AvgIpc) is 3.12. The fraction of sp³-hybridized carbons (Fsp3) is 0.455. The molecule has 1 saturated carbocycles. The highest BCUT2D eigenvalue weighted by Gasteiger charge is 2.30. The first-order valence-electron chi connectivity index (χ1n) is 5.64. The Balaban J connectivity index is 2.30. The molecule has 0 bridgehead atoms. The van der Waals surface area contributed by atoms with Gasteiger partial charge in [-0.05, 0) is 31.7 Å². The molecule has 0 amide bonds. The number of aromatic carboxylic acids is 1. The first-order valence-corrected chi connectivity index (χ1v) is 5.64. The molecule has 1 unspecified atom stereocenters. The van der Waals surface area contributed by atoms with Crippen molar-refractivity contribution in [2.75, 3.05) is 5.32 Å². The van der Waals surface area contributed by atoms with Gasteiger partial charge in [-0.3, -0.25) is 10.1 Å². The van der Waals surface area contributed by atoms with E-state index in [1.807, 2.05) is 6.92 Å². The van der Waals surface area contributed by atoms with Crippen LogP contribution < -0.4 is 5.32 Å². The summed E-state index contributed by atoms with van der Waals surface area (Å²) in [6, 6.07) is 2.35. The van der Waals surface area contributed by atoms with Gasteiger partial charge in [0.1, 0.15) is 0 Å². The summed E-state index contributed by atoms with van der Waals surface area (Å²) in [4.78, 5) is 24.9. The van der Waals surface area contributed by atoms with Crippen LogP contribution in [0.3, 0.4) is 0 Å². The molecule has 0 spiro atoms. The highest BCUT2D eigenvalue weighted by atomic mass is 16.6. The van der Waals surface area contributed by atoms with E-state index in [1.54, 1.807) is 0 Å². The molecular weight excluding hydrogens is 238 g/mol. The molecule has 1 aromatic heterocycles. The fourth-order valence-corrected chi connectivity index (χ4v) is 1.75. The third kappa shape index (κ3) is 2.55. The minimum atomic E-state index is -1.20. The molecule has 1 atom stereocenters. The van der Waals surface area contributed by atoms with E-state index in [0.717, 1.165) is 18.9 Å². The van der Waals surface area contributed by atoms with E-state index in [2.05, 4.69) is 10.3 Å². The quantitative estimate of drug-likeness (QED) is 0.611. The van der Waals surface area contributed by atoms with E-state index in [1.165, 1.54) is 6.07 Å². The Bertz CT molecular complexity index is 499. The number of carbonyl (C=O) groups is 1.